The number of likely N-dealkylation sites (N-methyl/N-ethyl adjacent to an activating group) is 1. The summed E-state index contributed by atoms with van der Waals surface area (Å²) in [6.07, 6.45) is 0.892. The number of rotatable bonds is 18. The van der Waals surface area contributed by atoms with Crippen molar-refractivity contribution in [1.29, 1.82) is 0 Å². The van der Waals surface area contributed by atoms with Gasteiger partial charge >= 0.3 is 16.6 Å². The summed E-state index contributed by atoms with van der Waals surface area (Å²) in [6.45, 7) is 3.71. The van der Waals surface area contributed by atoms with Gasteiger partial charge in [-0.1, -0.05) is 0 Å². The quantitative estimate of drug-likeness (QED) is 0.122. The van der Waals surface area contributed by atoms with Crippen LogP contribution in [0, 0.1) is 0 Å². The molecule has 0 aliphatic rings. The summed E-state index contributed by atoms with van der Waals surface area (Å²) >= 11 is 0. The van der Waals surface area contributed by atoms with Crippen molar-refractivity contribution in [2.24, 2.45) is 0 Å². The zero-order chi connectivity index (χ0) is 20.8. The summed E-state index contributed by atoms with van der Waals surface area (Å²) in [6, 6.07) is 0.755. The van der Waals surface area contributed by atoms with Crippen LogP contribution in [0.15, 0.2) is 0 Å². The molecule has 1 unspecified atom stereocenters. The van der Waals surface area contributed by atoms with E-state index in [0.29, 0.717) is 17.6 Å². The summed E-state index contributed by atoms with van der Waals surface area (Å²) < 4.78 is 38.3. The van der Waals surface area contributed by atoms with Gasteiger partial charge in [-0.05, 0) is 13.0 Å². The third-order valence-electron chi connectivity index (χ3n) is 3.80. The Kier molecular flexibility index (Phi) is 14.2. The Balaban J connectivity index is 3.60. The van der Waals surface area contributed by atoms with Crippen LogP contribution in [-0.4, -0.2) is 107 Å². The Labute approximate surface area is 165 Å². The fourth-order valence-corrected chi connectivity index (χ4v) is 4.54. The average Bonchev–Trinajstić information content (AvgIpc) is 2.59. The monoisotopic (exact) mass is 432 g/mol. The fraction of sp³-hybridized carbons (Fsp3) is 1.00. The molecule has 0 heterocycles. The number of quaternary nitrogens is 1. The molecule has 12 heteroatoms. The number of phosphoric acid groups is 1. The Morgan fingerprint density at radius 2 is 1.41 bits per heavy atom. The van der Waals surface area contributed by atoms with Crippen LogP contribution in [-0.2, 0) is 26.9 Å². The second kappa shape index (κ2) is 14.1. The first kappa shape index (κ1) is 27.1. The third-order valence-corrected chi connectivity index (χ3v) is 7.65. The maximum absolute atomic E-state index is 11.7. The minimum absolute atomic E-state index is 0.113. The van der Waals surface area contributed by atoms with Gasteiger partial charge in [0.25, 0.3) is 0 Å². The predicted octanol–water partition coefficient (Wildman–Crippen LogP) is 0.274. The lowest BCUT2D eigenvalue weighted by molar-refractivity contribution is -0.870. The minimum Gasteiger partial charge on any atom is -0.377 e. The molecular formula is C15H39N3O7PSi+. The lowest BCUT2D eigenvalue weighted by Gasteiger charge is -2.24. The first-order valence-corrected chi connectivity index (χ1v) is 12.5. The second-order valence-electron chi connectivity index (χ2n) is 7.05. The van der Waals surface area contributed by atoms with Crippen molar-refractivity contribution in [2.45, 2.75) is 12.5 Å². The van der Waals surface area contributed by atoms with Gasteiger partial charge in [0, 0.05) is 47.0 Å². The number of nitrogens with zero attached hydrogens (tertiary/aromatic N) is 1. The minimum atomic E-state index is -3.97. The third kappa shape index (κ3) is 14.7. The molecule has 0 amide bonds. The predicted molar refractivity (Wildman–Crippen MR) is 107 cm³/mol. The summed E-state index contributed by atoms with van der Waals surface area (Å²) in [5.41, 5.74) is 0. The van der Waals surface area contributed by atoms with Crippen LogP contribution in [0.2, 0.25) is 6.04 Å². The fourth-order valence-electron chi connectivity index (χ4n) is 2.11. The van der Waals surface area contributed by atoms with Gasteiger partial charge < -0.3 is 33.3 Å². The van der Waals surface area contributed by atoms with Crippen molar-refractivity contribution in [3.63, 3.8) is 0 Å². The van der Waals surface area contributed by atoms with Crippen molar-refractivity contribution in [2.75, 3.05) is 88.4 Å². The molecule has 3 N–H and O–H groups in total. The number of hydrogen-bond donors (Lipinski definition) is 3. The lowest BCUT2D eigenvalue weighted by Crippen LogP contribution is -2.43. The first-order valence-electron chi connectivity index (χ1n) is 9.09. The van der Waals surface area contributed by atoms with Gasteiger partial charge in [-0.25, -0.2) is 4.57 Å². The van der Waals surface area contributed by atoms with Crippen molar-refractivity contribution in [1.82, 2.24) is 10.6 Å². The largest absolute Gasteiger partial charge is 0.500 e. The standard InChI is InChI=1S/C15H38N3O7PSi/c1-18(2,3)12-14-25-26(19,20)24-13-11-17-10-9-16-8-7-15-27(21-4,22-5)23-6/h16-17H,7-15H2,1-6H3/p+1. The van der Waals surface area contributed by atoms with Crippen LogP contribution in [0.25, 0.3) is 0 Å². The highest BCUT2D eigenvalue weighted by Gasteiger charge is 2.36. The Morgan fingerprint density at radius 3 is 1.93 bits per heavy atom. The number of nitrogens with one attached hydrogen (secondary N) is 2. The average molecular weight is 433 g/mol. The maximum Gasteiger partial charge on any atom is 0.500 e. The second-order valence-corrected chi connectivity index (χ2v) is 11.6. The topological polar surface area (TPSA) is 108 Å². The molecule has 0 bridgehead atoms. The highest BCUT2D eigenvalue weighted by molar-refractivity contribution is 7.47. The molecule has 0 fully saturated rings. The molecule has 1 atom stereocenters. The van der Waals surface area contributed by atoms with Crippen LogP contribution in [0.4, 0.5) is 0 Å². The molecule has 0 aliphatic carbocycles. The zero-order valence-electron chi connectivity index (χ0n) is 17.7. The summed E-state index contributed by atoms with van der Waals surface area (Å²) in [5.74, 6) is 0. The van der Waals surface area contributed by atoms with Crippen LogP contribution in [0.1, 0.15) is 6.42 Å². The van der Waals surface area contributed by atoms with Gasteiger partial charge in [0.15, 0.2) is 0 Å². The molecule has 10 nitrogen and oxygen atoms in total. The molecule has 0 aromatic rings. The first-order chi connectivity index (χ1) is 12.6. The van der Waals surface area contributed by atoms with Crippen LogP contribution < -0.4 is 10.6 Å². The van der Waals surface area contributed by atoms with E-state index in [0.717, 1.165) is 32.1 Å². The summed E-state index contributed by atoms with van der Waals surface area (Å²) in [5, 5.41) is 6.44. The van der Waals surface area contributed by atoms with Gasteiger partial charge in [0.2, 0.25) is 0 Å². The van der Waals surface area contributed by atoms with E-state index in [1.165, 1.54) is 0 Å². The number of hydrogen-bond acceptors (Lipinski definition) is 8. The Morgan fingerprint density at radius 1 is 0.889 bits per heavy atom. The van der Waals surface area contributed by atoms with Gasteiger partial charge in [-0.3, -0.25) is 9.05 Å². The molecule has 164 valence electrons. The molecule has 0 aromatic carbocycles. The molecule has 0 aliphatic heterocycles. The van der Waals surface area contributed by atoms with E-state index in [1.807, 2.05) is 21.1 Å². The molecular weight excluding hydrogens is 393 g/mol. The van der Waals surface area contributed by atoms with E-state index in [4.69, 9.17) is 22.3 Å². The van der Waals surface area contributed by atoms with Crippen molar-refractivity contribution >= 4 is 16.6 Å². The van der Waals surface area contributed by atoms with E-state index >= 15 is 0 Å². The van der Waals surface area contributed by atoms with Crippen molar-refractivity contribution < 1.29 is 36.3 Å². The molecule has 0 saturated heterocycles. The molecule has 27 heavy (non-hydrogen) atoms. The van der Waals surface area contributed by atoms with E-state index in [1.54, 1.807) is 21.3 Å². The van der Waals surface area contributed by atoms with Gasteiger partial charge in [-0.15, -0.1) is 0 Å². The van der Waals surface area contributed by atoms with Gasteiger partial charge in [0.05, 0.1) is 27.7 Å². The molecule has 0 spiro atoms. The Bertz CT molecular complexity index is 414. The number of phosphoric ester groups is 1. The van der Waals surface area contributed by atoms with Crippen molar-refractivity contribution in [3.05, 3.63) is 0 Å². The van der Waals surface area contributed by atoms with Crippen LogP contribution in [0.3, 0.4) is 0 Å². The van der Waals surface area contributed by atoms with Gasteiger partial charge in [0.1, 0.15) is 13.2 Å². The molecule has 0 rings (SSSR count). The SMILES string of the molecule is CO[Si](CCCNCCNCCOP(=O)(O)OCC[N+](C)(C)C)(OC)OC. The van der Waals surface area contributed by atoms with Crippen LogP contribution >= 0.6 is 7.82 Å². The summed E-state index contributed by atoms with van der Waals surface area (Å²) in [7, 11) is 4.33. The van der Waals surface area contributed by atoms with Crippen LogP contribution in [0.5, 0.6) is 0 Å². The smallest absolute Gasteiger partial charge is 0.377 e. The Hall–Kier alpha value is 0.0869. The molecule has 0 saturated carbocycles. The van der Waals surface area contributed by atoms with E-state index in [-0.39, 0.29) is 13.2 Å². The normalized spacial score (nSPS) is 15.1. The van der Waals surface area contributed by atoms with E-state index in [9.17, 15) is 9.46 Å². The molecule has 0 radical (unpaired) electrons. The lowest BCUT2D eigenvalue weighted by atomic mass is 10.4. The van der Waals surface area contributed by atoms with Crippen molar-refractivity contribution in [3.8, 4) is 0 Å². The summed E-state index contributed by atoms with van der Waals surface area (Å²) in [4.78, 5) is 9.57. The van der Waals surface area contributed by atoms with Gasteiger partial charge in [-0.2, -0.15) is 0 Å². The van der Waals surface area contributed by atoms with E-state index < -0.39 is 16.6 Å². The van der Waals surface area contributed by atoms with E-state index in [2.05, 4.69) is 10.6 Å². The maximum atomic E-state index is 11.7. The zero-order valence-corrected chi connectivity index (χ0v) is 19.5. The highest BCUT2D eigenvalue weighted by atomic mass is 31.2. The molecule has 0 aromatic heterocycles. The highest BCUT2D eigenvalue weighted by Crippen LogP contribution is 2.42.